The van der Waals surface area contributed by atoms with Crippen LogP contribution < -0.4 is 0 Å². The van der Waals surface area contributed by atoms with Gasteiger partial charge in [-0.05, 0) is 17.9 Å². The summed E-state index contributed by atoms with van der Waals surface area (Å²) >= 11 is 0. The summed E-state index contributed by atoms with van der Waals surface area (Å²) in [6, 6.07) is 8.11. The Labute approximate surface area is 158 Å². The molecule has 1 heterocycles. The number of benzene rings is 1. The van der Waals surface area contributed by atoms with Crippen LogP contribution in [0.5, 0.6) is 0 Å². The van der Waals surface area contributed by atoms with Crippen molar-refractivity contribution >= 4 is 18.1 Å². The number of ether oxygens (including phenoxy) is 2. The third-order valence-electron chi connectivity index (χ3n) is 4.17. The van der Waals surface area contributed by atoms with Crippen LogP contribution in [0.15, 0.2) is 30.3 Å². The molecule has 1 aromatic rings. The van der Waals surface area contributed by atoms with Gasteiger partial charge in [-0.3, -0.25) is 9.69 Å². The average molecular weight is 378 g/mol. The van der Waals surface area contributed by atoms with Crippen LogP contribution in [0.25, 0.3) is 0 Å². The van der Waals surface area contributed by atoms with Gasteiger partial charge in [0.15, 0.2) is 0 Å². The number of hydrogen-bond acceptors (Lipinski definition) is 5. The first-order valence-corrected chi connectivity index (χ1v) is 8.99. The fourth-order valence-electron chi connectivity index (χ4n) is 2.85. The number of carbonyl (C=O) groups is 3. The Balaban J connectivity index is 2.24. The molecule has 8 nitrogen and oxygen atoms in total. The Morgan fingerprint density at radius 1 is 1.30 bits per heavy atom. The van der Waals surface area contributed by atoms with E-state index in [1.54, 1.807) is 6.92 Å². The zero-order valence-corrected chi connectivity index (χ0v) is 15.8. The minimum absolute atomic E-state index is 0.0186. The van der Waals surface area contributed by atoms with Gasteiger partial charge in [0.05, 0.1) is 0 Å². The standard InChI is InChI=1S/C19H26N2O6/c1-4-16(22)27-17-15(10-14-8-6-5-7-9-14)21(12-26-17)18(23)20(19(24)25)11-13(2)3/h5-9,13,15,17H,4,10-12H2,1-3H3,(H,24,25). The molecule has 1 saturated heterocycles. The Kier molecular flexibility index (Phi) is 7.18. The topological polar surface area (TPSA) is 96.4 Å². The van der Waals surface area contributed by atoms with Gasteiger partial charge in [-0.1, -0.05) is 51.1 Å². The minimum atomic E-state index is -1.32. The zero-order chi connectivity index (χ0) is 20.0. The Bertz CT molecular complexity index is 663. The van der Waals surface area contributed by atoms with Crippen molar-refractivity contribution in [2.45, 2.75) is 45.9 Å². The van der Waals surface area contributed by atoms with Crippen molar-refractivity contribution in [3.8, 4) is 0 Å². The molecule has 1 N–H and O–H groups in total. The summed E-state index contributed by atoms with van der Waals surface area (Å²) in [5.41, 5.74) is 0.925. The van der Waals surface area contributed by atoms with Crippen molar-refractivity contribution in [1.82, 2.24) is 9.80 Å². The summed E-state index contributed by atoms with van der Waals surface area (Å²) < 4.78 is 10.8. The maximum Gasteiger partial charge on any atom is 0.415 e. The number of imide groups is 1. The molecule has 2 rings (SSSR count). The molecule has 27 heavy (non-hydrogen) atoms. The highest BCUT2D eigenvalue weighted by atomic mass is 16.7. The summed E-state index contributed by atoms with van der Waals surface area (Å²) in [7, 11) is 0. The van der Waals surface area contributed by atoms with E-state index < -0.39 is 30.4 Å². The predicted octanol–water partition coefficient (Wildman–Crippen LogP) is 2.92. The molecule has 1 fully saturated rings. The Hall–Kier alpha value is -2.61. The lowest BCUT2D eigenvalue weighted by atomic mass is 10.1. The normalized spacial score (nSPS) is 19.2. The van der Waals surface area contributed by atoms with Gasteiger partial charge in [-0.15, -0.1) is 0 Å². The van der Waals surface area contributed by atoms with Gasteiger partial charge in [-0.2, -0.15) is 0 Å². The van der Waals surface area contributed by atoms with Crippen molar-refractivity contribution in [2.24, 2.45) is 5.92 Å². The molecule has 0 spiro atoms. The molecule has 8 heteroatoms. The van der Waals surface area contributed by atoms with Gasteiger partial charge < -0.3 is 14.6 Å². The van der Waals surface area contributed by atoms with Gasteiger partial charge in [0.2, 0.25) is 6.29 Å². The van der Waals surface area contributed by atoms with Crippen molar-refractivity contribution in [2.75, 3.05) is 13.3 Å². The van der Waals surface area contributed by atoms with E-state index in [1.165, 1.54) is 4.90 Å². The number of hydrogen-bond donors (Lipinski definition) is 1. The molecule has 0 bridgehead atoms. The number of esters is 1. The van der Waals surface area contributed by atoms with E-state index in [0.717, 1.165) is 10.5 Å². The number of carbonyl (C=O) groups excluding carboxylic acids is 2. The zero-order valence-electron chi connectivity index (χ0n) is 15.8. The molecule has 0 aromatic heterocycles. The number of nitrogens with zero attached hydrogens (tertiary/aromatic N) is 2. The van der Waals surface area contributed by atoms with Crippen molar-refractivity contribution < 1.29 is 29.0 Å². The smallest absolute Gasteiger partial charge is 0.415 e. The molecule has 1 aliphatic heterocycles. The van der Waals surface area contributed by atoms with Crippen molar-refractivity contribution in [3.05, 3.63) is 35.9 Å². The van der Waals surface area contributed by atoms with Crippen LogP contribution in [0.3, 0.4) is 0 Å². The molecular weight excluding hydrogens is 352 g/mol. The molecule has 0 radical (unpaired) electrons. The van der Waals surface area contributed by atoms with Gasteiger partial charge in [0.25, 0.3) is 0 Å². The third kappa shape index (κ3) is 5.43. The number of urea groups is 1. The molecule has 0 aliphatic carbocycles. The number of carboxylic acid groups (broad SMARTS) is 1. The van der Waals surface area contributed by atoms with E-state index in [2.05, 4.69) is 0 Å². The van der Waals surface area contributed by atoms with Gasteiger partial charge in [-0.25, -0.2) is 14.5 Å². The molecular formula is C19H26N2O6. The Morgan fingerprint density at radius 2 is 1.96 bits per heavy atom. The monoisotopic (exact) mass is 378 g/mol. The van der Waals surface area contributed by atoms with Gasteiger partial charge >= 0.3 is 18.1 Å². The van der Waals surface area contributed by atoms with Gasteiger partial charge in [0, 0.05) is 13.0 Å². The minimum Gasteiger partial charge on any atom is -0.465 e. The second-order valence-electron chi connectivity index (χ2n) is 6.80. The largest absolute Gasteiger partial charge is 0.465 e. The van der Waals surface area contributed by atoms with E-state index in [4.69, 9.17) is 9.47 Å². The van der Waals surface area contributed by atoms with Crippen LogP contribution >= 0.6 is 0 Å². The fourth-order valence-corrected chi connectivity index (χ4v) is 2.85. The molecule has 0 saturated carbocycles. The first kappa shape index (κ1) is 20.7. The van der Waals surface area contributed by atoms with E-state index in [-0.39, 0.29) is 25.6 Å². The van der Waals surface area contributed by atoms with Crippen LogP contribution in [0.1, 0.15) is 32.8 Å². The molecule has 2 atom stereocenters. The molecule has 2 unspecified atom stereocenters. The van der Waals surface area contributed by atoms with Crippen LogP contribution in [-0.2, 0) is 20.7 Å². The highest BCUT2D eigenvalue weighted by molar-refractivity contribution is 5.90. The summed E-state index contributed by atoms with van der Waals surface area (Å²) in [5.74, 6) is -0.459. The summed E-state index contributed by atoms with van der Waals surface area (Å²) in [6.45, 7) is 5.26. The van der Waals surface area contributed by atoms with E-state index >= 15 is 0 Å². The maximum absolute atomic E-state index is 12.9. The van der Waals surface area contributed by atoms with E-state index in [1.807, 2.05) is 44.2 Å². The maximum atomic E-state index is 12.9. The summed E-state index contributed by atoms with van der Waals surface area (Å²) in [5, 5.41) is 9.43. The van der Waals surface area contributed by atoms with Crippen molar-refractivity contribution in [1.29, 1.82) is 0 Å². The van der Waals surface area contributed by atoms with Gasteiger partial charge in [0.1, 0.15) is 12.8 Å². The number of amides is 3. The van der Waals surface area contributed by atoms with Crippen LogP contribution in [-0.4, -0.2) is 58.6 Å². The highest BCUT2D eigenvalue weighted by Gasteiger charge is 2.43. The quantitative estimate of drug-likeness (QED) is 0.765. The van der Waals surface area contributed by atoms with E-state index in [0.29, 0.717) is 6.42 Å². The predicted molar refractivity (Wildman–Crippen MR) is 96.9 cm³/mol. The molecule has 3 amide bonds. The summed E-state index contributed by atoms with van der Waals surface area (Å²) in [6.07, 6.45) is -1.69. The molecule has 148 valence electrons. The van der Waals surface area contributed by atoms with Crippen LogP contribution in [0.2, 0.25) is 0 Å². The number of rotatable bonds is 6. The average Bonchev–Trinajstić information content (AvgIpc) is 3.01. The SMILES string of the molecule is CCC(=O)OC1OCN(C(=O)N(CC(C)C)C(=O)O)C1Cc1ccccc1. The fraction of sp³-hybridized carbons (Fsp3) is 0.526. The molecule has 1 aromatic carbocycles. The first-order valence-electron chi connectivity index (χ1n) is 8.99. The third-order valence-corrected chi connectivity index (χ3v) is 4.17. The van der Waals surface area contributed by atoms with Crippen LogP contribution in [0.4, 0.5) is 9.59 Å². The van der Waals surface area contributed by atoms with E-state index in [9.17, 15) is 19.5 Å². The lowest BCUT2D eigenvalue weighted by Crippen LogP contribution is -2.51. The lowest BCUT2D eigenvalue weighted by Gasteiger charge is -2.29. The van der Waals surface area contributed by atoms with Crippen LogP contribution in [0, 0.1) is 5.92 Å². The second kappa shape index (κ2) is 9.36. The summed E-state index contributed by atoms with van der Waals surface area (Å²) in [4.78, 5) is 38.2. The first-order chi connectivity index (χ1) is 12.8. The Morgan fingerprint density at radius 3 is 2.52 bits per heavy atom. The van der Waals surface area contributed by atoms with Crippen molar-refractivity contribution in [3.63, 3.8) is 0 Å². The highest BCUT2D eigenvalue weighted by Crippen LogP contribution is 2.24. The molecule has 1 aliphatic rings. The lowest BCUT2D eigenvalue weighted by molar-refractivity contribution is -0.171. The second-order valence-corrected chi connectivity index (χ2v) is 6.80.